The molecular weight excluding hydrogens is 212 g/mol. The summed E-state index contributed by atoms with van der Waals surface area (Å²) in [5, 5.41) is 10.9. The van der Waals surface area contributed by atoms with E-state index in [0.29, 0.717) is 5.56 Å². The number of carboxylic acid groups (broad SMARTS) is 1. The number of hydrogen-bond acceptors (Lipinski definition) is 2. The Bertz CT molecular complexity index is 513. The number of terminal acetylenes is 1. The molecule has 2 heteroatoms. The van der Waals surface area contributed by atoms with Crippen molar-refractivity contribution in [2.24, 2.45) is 0 Å². The van der Waals surface area contributed by atoms with Crippen LogP contribution in [0.5, 0.6) is 0 Å². The zero-order chi connectivity index (χ0) is 12.7. The van der Waals surface area contributed by atoms with Gasteiger partial charge in [0.25, 0.3) is 0 Å². The van der Waals surface area contributed by atoms with Gasteiger partial charge in [0.1, 0.15) is 0 Å². The summed E-state index contributed by atoms with van der Waals surface area (Å²) < 4.78 is 0. The highest BCUT2D eigenvalue weighted by Crippen LogP contribution is 2.22. The number of aromatic carboxylic acids is 1. The zero-order valence-electron chi connectivity index (χ0n) is 9.17. The van der Waals surface area contributed by atoms with Crippen LogP contribution in [0.15, 0.2) is 54.6 Å². The first-order valence-electron chi connectivity index (χ1n) is 4.98. The molecule has 2 aromatic carbocycles. The zero-order valence-corrected chi connectivity index (χ0v) is 9.17. The van der Waals surface area contributed by atoms with Gasteiger partial charge in [-0.15, -0.1) is 12.8 Å². The molecule has 0 unspecified atom stereocenters. The Labute approximate surface area is 101 Å². The van der Waals surface area contributed by atoms with Crippen molar-refractivity contribution in [3.63, 3.8) is 0 Å². The first-order valence-corrected chi connectivity index (χ1v) is 4.98. The average molecular weight is 223 g/mol. The monoisotopic (exact) mass is 223 g/mol. The largest absolute Gasteiger partial charge is 0.545 e. The Balaban J connectivity index is 0.000000686. The summed E-state index contributed by atoms with van der Waals surface area (Å²) >= 11 is 0. The maximum atomic E-state index is 10.9. The molecule has 0 atom stereocenters. The van der Waals surface area contributed by atoms with Gasteiger partial charge in [-0.05, 0) is 11.1 Å². The molecule has 0 bridgehead atoms. The maximum absolute atomic E-state index is 10.9. The van der Waals surface area contributed by atoms with Crippen LogP contribution in [-0.2, 0) is 0 Å². The van der Waals surface area contributed by atoms with Gasteiger partial charge in [-0.2, -0.15) is 0 Å². The number of hydrogen-bond donors (Lipinski definition) is 0. The number of rotatable bonds is 2. The fourth-order valence-corrected chi connectivity index (χ4v) is 1.53. The minimum Gasteiger partial charge on any atom is -0.545 e. The first kappa shape index (κ1) is 12.5. The van der Waals surface area contributed by atoms with E-state index in [0.717, 1.165) is 5.56 Å². The Morgan fingerprint density at radius 1 is 0.882 bits per heavy atom. The molecule has 2 rings (SSSR count). The summed E-state index contributed by atoms with van der Waals surface area (Å²) in [6.45, 7) is 0. The summed E-state index contributed by atoms with van der Waals surface area (Å²) in [7, 11) is 0. The molecule has 2 nitrogen and oxygen atoms in total. The number of carboxylic acids is 1. The molecule has 0 fully saturated rings. The summed E-state index contributed by atoms with van der Waals surface area (Å²) in [4.78, 5) is 10.9. The maximum Gasteiger partial charge on any atom is 0.0721 e. The number of carbonyl (C=O) groups is 1. The van der Waals surface area contributed by atoms with Crippen molar-refractivity contribution in [3.8, 4) is 24.0 Å². The molecule has 0 aliphatic carbocycles. The van der Waals surface area contributed by atoms with E-state index in [1.807, 2.05) is 36.4 Å². The fraction of sp³-hybridized carbons (Fsp3) is 0. The van der Waals surface area contributed by atoms with Gasteiger partial charge in [-0.3, -0.25) is 0 Å². The van der Waals surface area contributed by atoms with Crippen molar-refractivity contribution >= 4 is 5.97 Å². The molecule has 0 aliphatic rings. The Hall–Kier alpha value is -2.53. The van der Waals surface area contributed by atoms with E-state index in [1.54, 1.807) is 18.2 Å². The predicted molar refractivity (Wildman–Crippen MR) is 66.1 cm³/mol. The number of benzene rings is 2. The third-order valence-corrected chi connectivity index (χ3v) is 2.23. The predicted octanol–water partition coefficient (Wildman–Crippen LogP) is 1.97. The smallest absolute Gasteiger partial charge is 0.0721 e. The summed E-state index contributed by atoms with van der Waals surface area (Å²) in [5.74, 6) is -1.14. The van der Waals surface area contributed by atoms with Crippen LogP contribution >= 0.6 is 0 Å². The highest BCUT2D eigenvalue weighted by Gasteiger charge is 2.03. The highest BCUT2D eigenvalue weighted by molar-refractivity contribution is 5.94. The molecule has 0 spiro atoms. The quantitative estimate of drug-likeness (QED) is 0.730. The van der Waals surface area contributed by atoms with Crippen molar-refractivity contribution < 1.29 is 9.90 Å². The van der Waals surface area contributed by atoms with E-state index < -0.39 is 5.97 Å². The Morgan fingerprint density at radius 3 is 2.00 bits per heavy atom. The molecule has 0 N–H and O–H groups in total. The van der Waals surface area contributed by atoms with Gasteiger partial charge in [0.15, 0.2) is 0 Å². The van der Waals surface area contributed by atoms with Crippen LogP contribution < -0.4 is 5.11 Å². The molecular formula is C15H11O2-. The van der Waals surface area contributed by atoms with E-state index >= 15 is 0 Å². The van der Waals surface area contributed by atoms with E-state index in [-0.39, 0.29) is 5.56 Å². The topological polar surface area (TPSA) is 40.1 Å². The Kier molecular flexibility index (Phi) is 4.53. The van der Waals surface area contributed by atoms with Gasteiger partial charge in [-0.1, -0.05) is 54.6 Å². The van der Waals surface area contributed by atoms with Gasteiger partial charge in [0.2, 0.25) is 0 Å². The third-order valence-electron chi connectivity index (χ3n) is 2.23. The van der Waals surface area contributed by atoms with E-state index in [4.69, 9.17) is 0 Å². The van der Waals surface area contributed by atoms with Crippen LogP contribution in [0.1, 0.15) is 10.4 Å². The van der Waals surface area contributed by atoms with Crippen molar-refractivity contribution in [1.29, 1.82) is 0 Å². The molecule has 0 saturated carbocycles. The SMILES string of the molecule is C#C.O=C([O-])c1ccccc1-c1ccccc1. The van der Waals surface area contributed by atoms with Gasteiger partial charge in [0, 0.05) is 5.56 Å². The van der Waals surface area contributed by atoms with Crippen molar-refractivity contribution in [2.45, 2.75) is 0 Å². The van der Waals surface area contributed by atoms with E-state index in [9.17, 15) is 9.90 Å². The van der Waals surface area contributed by atoms with Crippen LogP contribution in [0, 0.1) is 12.8 Å². The second-order valence-electron chi connectivity index (χ2n) is 3.20. The lowest BCUT2D eigenvalue weighted by molar-refractivity contribution is -0.254. The fourth-order valence-electron chi connectivity index (χ4n) is 1.53. The average Bonchev–Trinajstić information content (AvgIpc) is 2.42. The van der Waals surface area contributed by atoms with Crippen LogP contribution in [0.3, 0.4) is 0 Å². The van der Waals surface area contributed by atoms with Crippen LogP contribution in [0.2, 0.25) is 0 Å². The summed E-state index contributed by atoms with van der Waals surface area (Å²) in [6, 6.07) is 16.2. The van der Waals surface area contributed by atoms with Gasteiger partial charge >= 0.3 is 0 Å². The molecule has 17 heavy (non-hydrogen) atoms. The lowest BCUT2D eigenvalue weighted by atomic mass is 10.00. The molecule has 0 saturated heterocycles. The molecule has 2 aromatic rings. The molecule has 0 aromatic heterocycles. The van der Waals surface area contributed by atoms with Crippen LogP contribution in [0.4, 0.5) is 0 Å². The molecule has 84 valence electrons. The van der Waals surface area contributed by atoms with Gasteiger partial charge in [-0.25, -0.2) is 0 Å². The molecule has 0 radical (unpaired) electrons. The van der Waals surface area contributed by atoms with E-state index in [2.05, 4.69) is 12.8 Å². The van der Waals surface area contributed by atoms with Crippen LogP contribution in [0.25, 0.3) is 11.1 Å². The minimum absolute atomic E-state index is 0.226. The van der Waals surface area contributed by atoms with Crippen molar-refractivity contribution in [1.82, 2.24) is 0 Å². The highest BCUT2D eigenvalue weighted by atomic mass is 16.4. The standard InChI is InChI=1S/C13H10O2.C2H2/c14-13(15)12-9-5-4-8-11(12)10-6-2-1-3-7-10;1-2/h1-9H,(H,14,15);1-2H/p-1. The second kappa shape index (κ2) is 6.14. The molecule has 0 heterocycles. The lowest BCUT2D eigenvalue weighted by Crippen LogP contribution is -2.22. The first-order chi connectivity index (χ1) is 8.29. The van der Waals surface area contributed by atoms with E-state index in [1.165, 1.54) is 0 Å². The lowest BCUT2D eigenvalue weighted by Gasteiger charge is -2.09. The Morgan fingerprint density at radius 2 is 1.41 bits per heavy atom. The number of carbonyl (C=O) groups excluding carboxylic acids is 1. The third kappa shape index (κ3) is 2.96. The van der Waals surface area contributed by atoms with Gasteiger partial charge < -0.3 is 9.90 Å². The van der Waals surface area contributed by atoms with Gasteiger partial charge in [0.05, 0.1) is 5.97 Å². The van der Waals surface area contributed by atoms with Crippen LogP contribution in [-0.4, -0.2) is 5.97 Å². The normalized spacial score (nSPS) is 8.82. The van der Waals surface area contributed by atoms with Crippen molar-refractivity contribution in [3.05, 3.63) is 60.2 Å². The second-order valence-corrected chi connectivity index (χ2v) is 3.20. The summed E-state index contributed by atoms with van der Waals surface area (Å²) in [5.41, 5.74) is 1.80. The summed E-state index contributed by atoms with van der Waals surface area (Å²) in [6.07, 6.45) is 8.00. The van der Waals surface area contributed by atoms with Crippen molar-refractivity contribution in [2.75, 3.05) is 0 Å². The molecule has 0 aliphatic heterocycles. The minimum atomic E-state index is -1.14. The molecule has 0 amide bonds.